The molecule has 0 saturated heterocycles. The maximum atomic E-state index is 13.4. The lowest BCUT2D eigenvalue weighted by atomic mass is 10.3. The SMILES string of the molecule is COc1cccc(NC(=O)Cn2c(=O)n(-c3ccc(F)cc3)c(=O)c3c2cc(C)n3C)c1. The van der Waals surface area contributed by atoms with Crippen molar-refractivity contribution in [2.45, 2.75) is 13.5 Å². The molecule has 0 spiro atoms. The second-order valence-corrected chi connectivity index (χ2v) is 7.34. The van der Waals surface area contributed by atoms with Crippen LogP contribution in [0.3, 0.4) is 0 Å². The summed E-state index contributed by atoms with van der Waals surface area (Å²) in [5.41, 5.74) is 0.839. The van der Waals surface area contributed by atoms with Crippen molar-refractivity contribution >= 4 is 22.6 Å². The van der Waals surface area contributed by atoms with E-state index in [9.17, 15) is 18.8 Å². The molecule has 1 amide bonds. The van der Waals surface area contributed by atoms with Crippen molar-refractivity contribution in [1.82, 2.24) is 13.7 Å². The molecule has 9 heteroatoms. The van der Waals surface area contributed by atoms with Crippen LogP contribution in [0.2, 0.25) is 0 Å². The average molecular weight is 436 g/mol. The number of amides is 1. The highest BCUT2D eigenvalue weighted by Crippen LogP contribution is 2.18. The summed E-state index contributed by atoms with van der Waals surface area (Å²) in [6.07, 6.45) is 0. The predicted octanol–water partition coefficient (Wildman–Crippen LogP) is 2.59. The summed E-state index contributed by atoms with van der Waals surface area (Å²) >= 11 is 0. The highest BCUT2D eigenvalue weighted by Gasteiger charge is 2.20. The van der Waals surface area contributed by atoms with E-state index in [0.29, 0.717) is 17.0 Å². The van der Waals surface area contributed by atoms with Crippen molar-refractivity contribution in [2.75, 3.05) is 12.4 Å². The number of benzene rings is 2. The van der Waals surface area contributed by atoms with Crippen molar-refractivity contribution in [1.29, 1.82) is 0 Å². The van der Waals surface area contributed by atoms with E-state index in [2.05, 4.69) is 5.32 Å². The van der Waals surface area contributed by atoms with Gasteiger partial charge in [0.05, 0.1) is 18.3 Å². The van der Waals surface area contributed by atoms with Gasteiger partial charge in [-0.25, -0.2) is 13.8 Å². The summed E-state index contributed by atoms with van der Waals surface area (Å²) in [5.74, 6) is -0.367. The van der Waals surface area contributed by atoms with E-state index in [-0.39, 0.29) is 17.7 Å². The van der Waals surface area contributed by atoms with Gasteiger partial charge in [0.1, 0.15) is 23.6 Å². The number of rotatable bonds is 5. The minimum Gasteiger partial charge on any atom is -0.497 e. The third-order valence-electron chi connectivity index (χ3n) is 5.31. The Bertz CT molecular complexity index is 1450. The van der Waals surface area contributed by atoms with Gasteiger partial charge in [-0.05, 0) is 49.4 Å². The van der Waals surface area contributed by atoms with Gasteiger partial charge in [0.25, 0.3) is 5.56 Å². The molecule has 0 bridgehead atoms. The zero-order chi connectivity index (χ0) is 23.0. The predicted molar refractivity (Wildman–Crippen MR) is 119 cm³/mol. The maximum Gasteiger partial charge on any atom is 0.336 e. The fraction of sp³-hybridized carbons (Fsp3) is 0.174. The largest absolute Gasteiger partial charge is 0.497 e. The molecule has 1 N–H and O–H groups in total. The van der Waals surface area contributed by atoms with Crippen LogP contribution in [0.1, 0.15) is 5.69 Å². The summed E-state index contributed by atoms with van der Waals surface area (Å²) < 4.78 is 22.4. The van der Waals surface area contributed by atoms with E-state index in [0.717, 1.165) is 10.3 Å². The van der Waals surface area contributed by atoms with Gasteiger partial charge in [-0.3, -0.25) is 14.2 Å². The smallest absolute Gasteiger partial charge is 0.336 e. The summed E-state index contributed by atoms with van der Waals surface area (Å²) in [6, 6.07) is 13.5. The van der Waals surface area contributed by atoms with E-state index >= 15 is 0 Å². The number of methoxy groups -OCH3 is 1. The van der Waals surface area contributed by atoms with Crippen LogP contribution in [0.25, 0.3) is 16.7 Å². The van der Waals surface area contributed by atoms with Crippen molar-refractivity contribution in [2.24, 2.45) is 7.05 Å². The molecule has 0 aliphatic heterocycles. The maximum absolute atomic E-state index is 13.4. The van der Waals surface area contributed by atoms with E-state index < -0.39 is 23.0 Å². The number of anilines is 1. The van der Waals surface area contributed by atoms with Crippen LogP contribution in [-0.2, 0) is 18.4 Å². The van der Waals surface area contributed by atoms with Crippen LogP contribution >= 0.6 is 0 Å². The zero-order valence-electron chi connectivity index (χ0n) is 17.8. The quantitative estimate of drug-likeness (QED) is 0.521. The molecule has 0 unspecified atom stereocenters. The first-order chi connectivity index (χ1) is 15.3. The fourth-order valence-electron chi connectivity index (χ4n) is 3.60. The van der Waals surface area contributed by atoms with Gasteiger partial charge in [-0.1, -0.05) is 6.07 Å². The molecular formula is C23H21FN4O4. The number of nitrogens with one attached hydrogen (secondary N) is 1. The number of hydrogen-bond donors (Lipinski definition) is 1. The normalized spacial score (nSPS) is 11.0. The Morgan fingerprint density at radius 3 is 2.50 bits per heavy atom. The monoisotopic (exact) mass is 436 g/mol. The van der Waals surface area contributed by atoms with Crippen molar-refractivity contribution < 1.29 is 13.9 Å². The van der Waals surface area contributed by atoms with Gasteiger partial charge in [-0.2, -0.15) is 0 Å². The number of nitrogens with zero attached hydrogens (tertiary/aromatic N) is 3. The molecule has 4 rings (SSSR count). The number of ether oxygens (including phenoxy) is 1. The Labute approximate surface area is 182 Å². The lowest BCUT2D eigenvalue weighted by Crippen LogP contribution is -2.41. The third-order valence-corrected chi connectivity index (χ3v) is 5.31. The summed E-state index contributed by atoms with van der Waals surface area (Å²) in [6.45, 7) is 1.48. The molecule has 2 aromatic carbocycles. The van der Waals surface area contributed by atoms with Gasteiger partial charge in [-0.15, -0.1) is 0 Å². The molecule has 32 heavy (non-hydrogen) atoms. The standard InChI is InChI=1S/C23H21FN4O4/c1-14-11-19-21(26(14)2)22(30)28(17-9-7-15(24)8-10-17)23(31)27(19)13-20(29)25-16-5-4-6-18(12-16)32-3/h4-12H,13H2,1-3H3,(H,25,29). The van der Waals surface area contributed by atoms with Crippen LogP contribution < -0.4 is 21.3 Å². The first-order valence-corrected chi connectivity index (χ1v) is 9.82. The first kappa shape index (κ1) is 21.1. The molecule has 0 atom stereocenters. The Balaban J connectivity index is 1.84. The first-order valence-electron chi connectivity index (χ1n) is 9.82. The van der Waals surface area contributed by atoms with Crippen molar-refractivity contribution in [3.8, 4) is 11.4 Å². The van der Waals surface area contributed by atoms with Gasteiger partial charge in [0, 0.05) is 24.5 Å². The number of hydrogen-bond acceptors (Lipinski definition) is 4. The van der Waals surface area contributed by atoms with Gasteiger partial charge in [0.2, 0.25) is 5.91 Å². The number of carbonyl (C=O) groups is 1. The van der Waals surface area contributed by atoms with E-state index in [1.807, 2.05) is 0 Å². The Morgan fingerprint density at radius 1 is 1.09 bits per heavy atom. The number of fused-ring (bicyclic) bond motifs is 1. The molecule has 0 aliphatic rings. The fourth-order valence-corrected chi connectivity index (χ4v) is 3.60. The molecule has 2 heterocycles. The molecule has 164 valence electrons. The third kappa shape index (κ3) is 3.68. The van der Waals surface area contributed by atoms with Gasteiger partial charge < -0.3 is 14.6 Å². The topological polar surface area (TPSA) is 87.3 Å². The zero-order valence-corrected chi connectivity index (χ0v) is 17.8. The number of aromatic nitrogens is 3. The van der Waals surface area contributed by atoms with E-state index in [4.69, 9.17) is 4.74 Å². The summed E-state index contributed by atoms with van der Waals surface area (Å²) in [7, 11) is 3.23. The van der Waals surface area contributed by atoms with Crippen LogP contribution in [0, 0.1) is 12.7 Å². The average Bonchev–Trinajstić information content (AvgIpc) is 3.07. The number of halogens is 1. The molecule has 4 aromatic rings. The molecule has 0 fully saturated rings. The van der Waals surface area contributed by atoms with E-state index in [1.54, 1.807) is 48.9 Å². The molecule has 2 aromatic heterocycles. The second-order valence-electron chi connectivity index (χ2n) is 7.34. The van der Waals surface area contributed by atoms with Crippen LogP contribution in [0.4, 0.5) is 10.1 Å². The minimum absolute atomic E-state index is 0.212. The molecule has 8 nitrogen and oxygen atoms in total. The minimum atomic E-state index is -0.694. The lowest BCUT2D eigenvalue weighted by molar-refractivity contribution is -0.116. The highest BCUT2D eigenvalue weighted by atomic mass is 19.1. The Morgan fingerprint density at radius 2 is 1.81 bits per heavy atom. The molecule has 0 saturated carbocycles. The van der Waals surface area contributed by atoms with Gasteiger partial charge in [0.15, 0.2) is 0 Å². The Kier molecular flexibility index (Phi) is 5.40. The summed E-state index contributed by atoms with van der Waals surface area (Å²) in [4.78, 5) is 39.3. The van der Waals surface area contributed by atoms with Crippen LogP contribution in [0.15, 0.2) is 64.2 Å². The van der Waals surface area contributed by atoms with E-state index in [1.165, 1.54) is 35.9 Å². The second kappa shape index (κ2) is 8.18. The van der Waals surface area contributed by atoms with Crippen molar-refractivity contribution in [3.05, 3.63) is 86.9 Å². The number of carbonyl (C=O) groups excluding carboxylic acids is 1. The Hall–Kier alpha value is -4.14. The molecular weight excluding hydrogens is 415 g/mol. The van der Waals surface area contributed by atoms with Crippen LogP contribution in [-0.4, -0.2) is 26.7 Å². The molecule has 0 radical (unpaired) electrons. The van der Waals surface area contributed by atoms with Gasteiger partial charge >= 0.3 is 5.69 Å². The van der Waals surface area contributed by atoms with Crippen molar-refractivity contribution in [3.63, 3.8) is 0 Å². The summed E-state index contributed by atoms with van der Waals surface area (Å²) in [5, 5.41) is 2.74. The number of aryl methyl sites for hydroxylation is 2. The lowest BCUT2D eigenvalue weighted by Gasteiger charge is -2.13. The molecule has 0 aliphatic carbocycles. The highest BCUT2D eigenvalue weighted by molar-refractivity contribution is 5.91. The van der Waals surface area contributed by atoms with Crippen LogP contribution in [0.5, 0.6) is 5.75 Å².